The highest BCUT2D eigenvalue weighted by atomic mass is 16.5. The Morgan fingerprint density at radius 1 is 1.25 bits per heavy atom. The smallest absolute Gasteiger partial charge is 0.145 e. The molecule has 1 heterocycles. The molecule has 1 N–H and O–H groups in total. The Hall–Kier alpha value is -1.77. The van der Waals surface area contributed by atoms with E-state index < -0.39 is 0 Å². The molecule has 0 spiro atoms. The monoisotopic (exact) mass is 216 g/mol. The van der Waals surface area contributed by atoms with Crippen LogP contribution in [0.15, 0.2) is 30.5 Å². The van der Waals surface area contributed by atoms with Crippen LogP contribution in [0.1, 0.15) is 13.8 Å². The second kappa shape index (κ2) is 4.84. The van der Waals surface area contributed by atoms with Crippen LogP contribution in [0.25, 0.3) is 10.9 Å². The van der Waals surface area contributed by atoms with E-state index in [1.165, 1.54) is 0 Å². The fraction of sp³-hybridized carbons (Fsp3) is 0.308. The van der Waals surface area contributed by atoms with Crippen LogP contribution in [-0.2, 0) is 0 Å². The molecule has 0 saturated carbocycles. The van der Waals surface area contributed by atoms with Gasteiger partial charge in [0.2, 0.25) is 0 Å². The van der Waals surface area contributed by atoms with E-state index in [4.69, 9.17) is 4.74 Å². The van der Waals surface area contributed by atoms with Gasteiger partial charge >= 0.3 is 0 Å². The molecule has 2 rings (SSSR count). The molecule has 0 saturated heterocycles. The largest absolute Gasteiger partial charge is 0.492 e. The maximum atomic E-state index is 5.56. The van der Waals surface area contributed by atoms with Crippen LogP contribution in [0.5, 0.6) is 5.75 Å². The number of anilines is 1. The van der Waals surface area contributed by atoms with Crippen molar-refractivity contribution in [1.29, 1.82) is 0 Å². The van der Waals surface area contributed by atoms with Crippen LogP contribution in [-0.4, -0.2) is 18.1 Å². The van der Waals surface area contributed by atoms with Gasteiger partial charge in [-0.2, -0.15) is 0 Å². The first kappa shape index (κ1) is 10.7. The molecule has 2 aromatic rings. The first-order valence-electron chi connectivity index (χ1n) is 5.61. The lowest BCUT2D eigenvalue weighted by molar-refractivity contribution is 0.343. The Bertz CT molecular complexity index is 438. The SMILES string of the molecule is CCNc1ccc(OCC)c2ncccc12. The van der Waals surface area contributed by atoms with Gasteiger partial charge in [0.05, 0.1) is 6.61 Å². The highest BCUT2D eigenvalue weighted by molar-refractivity contribution is 5.95. The Balaban J connectivity index is 2.57. The lowest BCUT2D eigenvalue weighted by Crippen LogP contribution is -1.99. The third-order valence-electron chi connectivity index (χ3n) is 2.40. The molecule has 0 radical (unpaired) electrons. The Morgan fingerprint density at radius 2 is 2.12 bits per heavy atom. The lowest BCUT2D eigenvalue weighted by atomic mass is 10.1. The minimum Gasteiger partial charge on any atom is -0.492 e. The molecule has 0 unspecified atom stereocenters. The van der Waals surface area contributed by atoms with Crippen molar-refractivity contribution in [3.8, 4) is 5.75 Å². The minimum atomic E-state index is 0.659. The summed E-state index contributed by atoms with van der Waals surface area (Å²) < 4.78 is 5.56. The number of aromatic nitrogens is 1. The van der Waals surface area contributed by atoms with Crippen molar-refractivity contribution in [3.63, 3.8) is 0 Å². The van der Waals surface area contributed by atoms with Crippen LogP contribution in [0.3, 0.4) is 0 Å². The van der Waals surface area contributed by atoms with Crippen molar-refractivity contribution in [2.75, 3.05) is 18.5 Å². The number of nitrogens with one attached hydrogen (secondary N) is 1. The van der Waals surface area contributed by atoms with Crippen molar-refractivity contribution >= 4 is 16.6 Å². The number of hydrogen-bond acceptors (Lipinski definition) is 3. The van der Waals surface area contributed by atoms with E-state index in [1.54, 1.807) is 6.20 Å². The Kier molecular flexibility index (Phi) is 3.25. The zero-order valence-corrected chi connectivity index (χ0v) is 9.66. The molecule has 0 aliphatic carbocycles. The van der Waals surface area contributed by atoms with E-state index in [1.807, 2.05) is 25.1 Å². The fourth-order valence-electron chi connectivity index (χ4n) is 1.76. The summed E-state index contributed by atoms with van der Waals surface area (Å²) in [6.45, 7) is 5.62. The summed E-state index contributed by atoms with van der Waals surface area (Å²) in [5.74, 6) is 0.847. The predicted octanol–water partition coefficient (Wildman–Crippen LogP) is 3.07. The van der Waals surface area contributed by atoms with Crippen molar-refractivity contribution in [2.24, 2.45) is 0 Å². The highest BCUT2D eigenvalue weighted by Crippen LogP contribution is 2.29. The number of hydrogen-bond donors (Lipinski definition) is 1. The molecule has 1 aromatic carbocycles. The molecule has 0 atom stereocenters. The van der Waals surface area contributed by atoms with Gasteiger partial charge in [0.25, 0.3) is 0 Å². The topological polar surface area (TPSA) is 34.1 Å². The molecule has 84 valence electrons. The average molecular weight is 216 g/mol. The summed E-state index contributed by atoms with van der Waals surface area (Å²) in [7, 11) is 0. The lowest BCUT2D eigenvalue weighted by Gasteiger charge is -2.11. The zero-order chi connectivity index (χ0) is 11.4. The average Bonchev–Trinajstić information content (AvgIpc) is 2.33. The van der Waals surface area contributed by atoms with Gasteiger partial charge in [-0.05, 0) is 38.1 Å². The molecule has 0 bridgehead atoms. The van der Waals surface area contributed by atoms with E-state index in [9.17, 15) is 0 Å². The Labute approximate surface area is 95.5 Å². The zero-order valence-electron chi connectivity index (χ0n) is 9.66. The molecular formula is C13H16N2O. The van der Waals surface area contributed by atoms with E-state index in [2.05, 4.69) is 23.3 Å². The van der Waals surface area contributed by atoms with Gasteiger partial charge in [-0.15, -0.1) is 0 Å². The first-order valence-corrected chi connectivity index (χ1v) is 5.61. The minimum absolute atomic E-state index is 0.659. The van der Waals surface area contributed by atoms with Gasteiger partial charge < -0.3 is 10.1 Å². The number of pyridine rings is 1. The molecule has 3 heteroatoms. The molecule has 3 nitrogen and oxygen atoms in total. The van der Waals surface area contributed by atoms with E-state index in [-0.39, 0.29) is 0 Å². The van der Waals surface area contributed by atoms with Crippen molar-refractivity contribution in [3.05, 3.63) is 30.5 Å². The summed E-state index contributed by atoms with van der Waals surface area (Å²) in [6.07, 6.45) is 1.79. The summed E-state index contributed by atoms with van der Waals surface area (Å²) in [6, 6.07) is 8.01. The normalized spacial score (nSPS) is 10.4. The second-order valence-electron chi connectivity index (χ2n) is 3.47. The highest BCUT2D eigenvalue weighted by Gasteiger charge is 2.06. The fourth-order valence-corrected chi connectivity index (χ4v) is 1.76. The third kappa shape index (κ3) is 1.94. The number of fused-ring (bicyclic) bond motifs is 1. The molecular weight excluding hydrogens is 200 g/mol. The summed E-state index contributed by atoms with van der Waals surface area (Å²) in [5.41, 5.74) is 2.02. The molecule has 0 aliphatic heterocycles. The van der Waals surface area contributed by atoms with E-state index in [0.717, 1.165) is 28.9 Å². The predicted molar refractivity (Wildman–Crippen MR) is 67.1 cm³/mol. The van der Waals surface area contributed by atoms with Gasteiger partial charge in [-0.25, -0.2) is 0 Å². The van der Waals surface area contributed by atoms with Crippen LogP contribution in [0.4, 0.5) is 5.69 Å². The second-order valence-corrected chi connectivity index (χ2v) is 3.47. The number of ether oxygens (including phenoxy) is 1. The van der Waals surface area contributed by atoms with Gasteiger partial charge in [0.15, 0.2) is 0 Å². The van der Waals surface area contributed by atoms with Crippen LogP contribution in [0.2, 0.25) is 0 Å². The van der Waals surface area contributed by atoms with Crippen LogP contribution in [0, 0.1) is 0 Å². The molecule has 0 aliphatic rings. The van der Waals surface area contributed by atoms with Crippen molar-refractivity contribution in [2.45, 2.75) is 13.8 Å². The number of nitrogens with zero attached hydrogens (tertiary/aromatic N) is 1. The quantitative estimate of drug-likeness (QED) is 0.852. The van der Waals surface area contributed by atoms with Gasteiger partial charge in [0.1, 0.15) is 11.3 Å². The van der Waals surface area contributed by atoms with Crippen molar-refractivity contribution in [1.82, 2.24) is 4.98 Å². The van der Waals surface area contributed by atoms with Crippen LogP contribution >= 0.6 is 0 Å². The van der Waals surface area contributed by atoms with Gasteiger partial charge in [-0.1, -0.05) is 0 Å². The number of rotatable bonds is 4. The maximum absolute atomic E-state index is 5.56. The van der Waals surface area contributed by atoms with Crippen LogP contribution < -0.4 is 10.1 Å². The van der Waals surface area contributed by atoms with E-state index >= 15 is 0 Å². The summed E-state index contributed by atoms with van der Waals surface area (Å²) >= 11 is 0. The van der Waals surface area contributed by atoms with Crippen molar-refractivity contribution < 1.29 is 4.74 Å². The summed E-state index contributed by atoms with van der Waals surface area (Å²) in [4.78, 5) is 4.38. The standard InChI is InChI=1S/C13H16N2O/c1-3-14-11-7-8-12(16-4-2)13-10(11)6-5-9-15-13/h5-9,14H,3-4H2,1-2H3. The van der Waals surface area contributed by atoms with Gasteiger partial charge in [-0.3, -0.25) is 4.98 Å². The molecule has 1 aromatic heterocycles. The number of benzene rings is 1. The first-order chi connectivity index (χ1) is 7.86. The molecule has 16 heavy (non-hydrogen) atoms. The summed E-state index contributed by atoms with van der Waals surface area (Å²) in [5, 5.41) is 4.43. The Morgan fingerprint density at radius 3 is 2.88 bits per heavy atom. The third-order valence-corrected chi connectivity index (χ3v) is 2.40. The molecule has 0 fully saturated rings. The van der Waals surface area contributed by atoms with Gasteiger partial charge in [0, 0.05) is 23.8 Å². The maximum Gasteiger partial charge on any atom is 0.145 e. The molecule has 0 amide bonds. The van der Waals surface area contributed by atoms with E-state index in [0.29, 0.717) is 6.61 Å².